The van der Waals surface area contributed by atoms with Gasteiger partial charge >= 0.3 is 0 Å². The van der Waals surface area contributed by atoms with Crippen molar-refractivity contribution in [3.05, 3.63) is 76.3 Å². The SMILES string of the molecule is C=CCOc1ccc(Cl)cc1/C=N\NCc1ccc(Cl)cc1. The summed E-state index contributed by atoms with van der Waals surface area (Å²) in [6.07, 6.45) is 3.37. The number of benzene rings is 2. The molecule has 3 nitrogen and oxygen atoms in total. The number of rotatable bonds is 7. The lowest BCUT2D eigenvalue weighted by Crippen LogP contribution is -2.06. The molecule has 0 saturated carbocycles. The van der Waals surface area contributed by atoms with Gasteiger partial charge in [-0.3, -0.25) is 0 Å². The fraction of sp³-hybridized carbons (Fsp3) is 0.118. The van der Waals surface area contributed by atoms with E-state index < -0.39 is 0 Å². The van der Waals surface area contributed by atoms with Gasteiger partial charge in [-0.15, -0.1) is 0 Å². The van der Waals surface area contributed by atoms with E-state index in [4.69, 9.17) is 27.9 Å². The minimum absolute atomic E-state index is 0.431. The topological polar surface area (TPSA) is 33.6 Å². The molecule has 0 atom stereocenters. The van der Waals surface area contributed by atoms with E-state index in [0.717, 1.165) is 16.1 Å². The van der Waals surface area contributed by atoms with Crippen LogP contribution in [-0.4, -0.2) is 12.8 Å². The van der Waals surface area contributed by atoms with Gasteiger partial charge in [0.15, 0.2) is 0 Å². The third-order valence-corrected chi connectivity index (χ3v) is 3.31. The predicted molar refractivity (Wildman–Crippen MR) is 93.0 cm³/mol. The standard InChI is InChI=1S/C17H16Cl2N2O/c1-2-9-22-17-8-7-16(19)10-14(17)12-21-20-11-13-3-5-15(18)6-4-13/h2-8,10,12,20H,1,9,11H2/b21-12-. The molecule has 0 aliphatic heterocycles. The quantitative estimate of drug-likeness (QED) is 0.453. The fourth-order valence-electron chi connectivity index (χ4n) is 1.75. The van der Waals surface area contributed by atoms with Crippen molar-refractivity contribution in [1.82, 2.24) is 5.43 Å². The van der Waals surface area contributed by atoms with Crippen LogP contribution in [0.4, 0.5) is 0 Å². The molecule has 1 N–H and O–H groups in total. The Balaban J connectivity index is 1.98. The normalized spacial score (nSPS) is 10.6. The first-order chi connectivity index (χ1) is 10.7. The van der Waals surface area contributed by atoms with Crippen molar-refractivity contribution in [2.75, 3.05) is 6.61 Å². The average molecular weight is 335 g/mol. The van der Waals surface area contributed by atoms with Crippen LogP contribution in [0.15, 0.2) is 60.2 Å². The van der Waals surface area contributed by atoms with Crippen LogP contribution in [0.3, 0.4) is 0 Å². The highest BCUT2D eigenvalue weighted by atomic mass is 35.5. The number of nitrogens with one attached hydrogen (secondary N) is 1. The first kappa shape index (κ1) is 16.4. The van der Waals surface area contributed by atoms with Crippen LogP contribution in [-0.2, 0) is 6.54 Å². The van der Waals surface area contributed by atoms with E-state index in [1.807, 2.05) is 30.3 Å². The molecule has 0 unspecified atom stereocenters. The van der Waals surface area contributed by atoms with Gasteiger partial charge in [-0.1, -0.05) is 48.0 Å². The summed E-state index contributed by atoms with van der Waals surface area (Å²) in [7, 11) is 0. The molecule has 0 heterocycles. The summed E-state index contributed by atoms with van der Waals surface area (Å²) in [6, 6.07) is 13.0. The average Bonchev–Trinajstić information content (AvgIpc) is 2.52. The van der Waals surface area contributed by atoms with E-state index in [1.54, 1.807) is 24.4 Å². The zero-order valence-corrected chi connectivity index (χ0v) is 13.4. The maximum Gasteiger partial charge on any atom is 0.128 e. The van der Waals surface area contributed by atoms with Crippen molar-refractivity contribution < 1.29 is 4.74 Å². The van der Waals surface area contributed by atoms with Crippen LogP contribution in [0.2, 0.25) is 10.0 Å². The number of hydrogen-bond donors (Lipinski definition) is 1. The molecule has 0 aromatic heterocycles. The zero-order valence-electron chi connectivity index (χ0n) is 11.9. The highest BCUT2D eigenvalue weighted by molar-refractivity contribution is 6.31. The second-order valence-corrected chi connectivity index (χ2v) is 5.37. The van der Waals surface area contributed by atoms with E-state index >= 15 is 0 Å². The largest absolute Gasteiger partial charge is 0.489 e. The summed E-state index contributed by atoms with van der Waals surface area (Å²) in [5, 5.41) is 5.54. The number of hydrogen-bond acceptors (Lipinski definition) is 3. The Bertz CT molecular complexity index is 654. The minimum Gasteiger partial charge on any atom is -0.489 e. The summed E-state index contributed by atoms with van der Waals surface area (Å²) in [6.45, 7) is 4.67. The van der Waals surface area contributed by atoms with Gasteiger partial charge in [0, 0.05) is 15.6 Å². The van der Waals surface area contributed by atoms with E-state index in [2.05, 4.69) is 17.1 Å². The van der Waals surface area contributed by atoms with Gasteiger partial charge in [-0.2, -0.15) is 5.10 Å². The number of nitrogens with zero attached hydrogens (tertiary/aromatic N) is 1. The first-order valence-electron chi connectivity index (χ1n) is 6.72. The summed E-state index contributed by atoms with van der Waals surface area (Å²) < 4.78 is 5.56. The van der Waals surface area contributed by atoms with Gasteiger partial charge < -0.3 is 10.2 Å². The molecule has 0 spiro atoms. The lowest BCUT2D eigenvalue weighted by Gasteiger charge is -2.07. The monoisotopic (exact) mass is 334 g/mol. The van der Waals surface area contributed by atoms with Gasteiger partial charge in [0.1, 0.15) is 12.4 Å². The van der Waals surface area contributed by atoms with Gasteiger partial charge in [0.25, 0.3) is 0 Å². The molecule has 2 rings (SSSR count). The lowest BCUT2D eigenvalue weighted by molar-refractivity contribution is 0.362. The third-order valence-electron chi connectivity index (χ3n) is 2.82. The van der Waals surface area contributed by atoms with Gasteiger partial charge in [-0.25, -0.2) is 0 Å². The van der Waals surface area contributed by atoms with Gasteiger partial charge in [0.2, 0.25) is 0 Å². The van der Waals surface area contributed by atoms with E-state index in [1.165, 1.54) is 0 Å². The molecule has 0 radical (unpaired) electrons. The van der Waals surface area contributed by atoms with Crippen molar-refractivity contribution in [2.45, 2.75) is 6.54 Å². The second kappa shape index (κ2) is 8.47. The van der Waals surface area contributed by atoms with E-state index in [0.29, 0.717) is 23.9 Å². The Labute approximate surface area is 140 Å². The number of hydrazone groups is 1. The van der Waals surface area contributed by atoms with Crippen molar-refractivity contribution >= 4 is 29.4 Å². The summed E-state index contributed by atoms with van der Waals surface area (Å²) in [4.78, 5) is 0. The van der Waals surface area contributed by atoms with E-state index in [9.17, 15) is 0 Å². The van der Waals surface area contributed by atoms with E-state index in [-0.39, 0.29) is 0 Å². The highest BCUT2D eigenvalue weighted by Gasteiger charge is 2.02. The van der Waals surface area contributed by atoms with Crippen molar-refractivity contribution in [2.24, 2.45) is 5.10 Å². The molecule has 0 saturated heterocycles. The molecule has 2 aromatic rings. The maximum atomic E-state index is 6.00. The summed E-state index contributed by atoms with van der Waals surface area (Å²) >= 11 is 11.8. The number of halogens is 2. The molecule has 2 aromatic carbocycles. The fourth-order valence-corrected chi connectivity index (χ4v) is 2.06. The van der Waals surface area contributed by atoms with Crippen LogP contribution in [0.25, 0.3) is 0 Å². The summed E-state index contributed by atoms with van der Waals surface area (Å²) in [5.74, 6) is 0.710. The van der Waals surface area contributed by atoms with Crippen molar-refractivity contribution in [3.63, 3.8) is 0 Å². The van der Waals surface area contributed by atoms with Crippen molar-refractivity contribution in [1.29, 1.82) is 0 Å². The second-order valence-electron chi connectivity index (χ2n) is 4.50. The van der Waals surface area contributed by atoms with Crippen LogP contribution in [0.5, 0.6) is 5.75 Å². The minimum atomic E-state index is 0.431. The smallest absolute Gasteiger partial charge is 0.128 e. The van der Waals surface area contributed by atoms with Gasteiger partial charge in [0.05, 0.1) is 12.8 Å². The Morgan fingerprint density at radius 2 is 1.82 bits per heavy atom. The Hall–Kier alpha value is -1.97. The molecule has 0 fully saturated rings. The Morgan fingerprint density at radius 3 is 2.55 bits per heavy atom. The molecular formula is C17H16Cl2N2O. The molecule has 0 aliphatic rings. The summed E-state index contributed by atoms with van der Waals surface area (Å²) in [5.41, 5.74) is 4.88. The molecule has 22 heavy (non-hydrogen) atoms. The lowest BCUT2D eigenvalue weighted by atomic mass is 10.2. The predicted octanol–water partition coefficient (Wildman–Crippen LogP) is 4.68. The molecule has 0 amide bonds. The van der Waals surface area contributed by atoms with Crippen LogP contribution >= 0.6 is 23.2 Å². The number of ether oxygens (including phenoxy) is 1. The zero-order chi connectivity index (χ0) is 15.8. The Kier molecular flexibility index (Phi) is 6.31. The molecule has 0 bridgehead atoms. The molecule has 5 heteroatoms. The highest BCUT2D eigenvalue weighted by Crippen LogP contribution is 2.21. The van der Waals surface area contributed by atoms with Gasteiger partial charge in [-0.05, 0) is 35.9 Å². The van der Waals surface area contributed by atoms with Crippen molar-refractivity contribution in [3.8, 4) is 5.75 Å². The van der Waals surface area contributed by atoms with Crippen LogP contribution < -0.4 is 10.2 Å². The third kappa shape index (κ3) is 5.10. The van der Waals surface area contributed by atoms with Crippen LogP contribution in [0, 0.1) is 0 Å². The maximum absolute atomic E-state index is 6.00. The molecular weight excluding hydrogens is 319 g/mol. The Morgan fingerprint density at radius 1 is 1.09 bits per heavy atom. The molecule has 114 valence electrons. The van der Waals surface area contributed by atoms with Crippen LogP contribution in [0.1, 0.15) is 11.1 Å². The molecule has 0 aliphatic carbocycles. The first-order valence-corrected chi connectivity index (χ1v) is 7.48.